The van der Waals surface area contributed by atoms with Crippen molar-refractivity contribution in [2.75, 3.05) is 5.32 Å². The zero-order chi connectivity index (χ0) is 14.2. The van der Waals surface area contributed by atoms with Gasteiger partial charge in [0.05, 0.1) is 5.69 Å². The van der Waals surface area contributed by atoms with Crippen LogP contribution in [0, 0.1) is 0 Å². The molecule has 0 amide bonds. The number of hydrogen-bond acceptors (Lipinski definition) is 2. The second-order valence-corrected chi connectivity index (χ2v) is 5.45. The molecule has 2 rings (SSSR count). The van der Waals surface area contributed by atoms with E-state index in [1.165, 1.54) is 43.4 Å². The number of anilines is 1. The molecule has 0 saturated heterocycles. The van der Waals surface area contributed by atoms with Gasteiger partial charge >= 0.3 is 0 Å². The minimum atomic E-state index is 0.517. The van der Waals surface area contributed by atoms with Crippen molar-refractivity contribution in [3.05, 3.63) is 36.5 Å². The summed E-state index contributed by atoms with van der Waals surface area (Å²) < 4.78 is 0. The smallest absolute Gasteiger partial charge is 0.0650 e. The molecule has 2 N–H and O–H groups in total. The predicted octanol–water partition coefficient (Wildman–Crippen LogP) is 4.85. The standard InChI is InChI=1S/C17H25N3/c1-3-4-5-6-8-14(2)19-16-10-7-9-15(13-16)17-11-12-18-20-17/h7,9-14,19H,3-6,8H2,1-2H3,(H,18,20). The van der Waals surface area contributed by atoms with E-state index in [0.717, 1.165) is 5.69 Å². The van der Waals surface area contributed by atoms with Crippen LogP contribution in [-0.4, -0.2) is 16.2 Å². The SMILES string of the molecule is CCCCCCC(C)Nc1cccc(-c2ccn[nH]2)c1. The molecular formula is C17H25N3. The van der Waals surface area contributed by atoms with Crippen molar-refractivity contribution < 1.29 is 0 Å². The summed E-state index contributed by atoms with van der Waals surface area (Å²) in [5, 5.41) is 10.6. The molecule has 1 unspecified atom stereocenters. The summed E-state index contributed by atoms with van der Waals surface area (Å²) in [5.41, 5.74) is 3.41. The Morgan fingerprint density at radius 2 is 2.10 bits per heavy atom. The van der Waals surface area contributed by atoms with Crippen molar-refractivity contribution in [1.82, 2.24) is 10.2 Å². The van der Waals surface area contributed by atoms with Crippen molar-refractivity contribution in [3.63, 3.8) is 0 Å². The summed E-state index contributed by atoms with van der Waals surface area (Å²) in [5.74, 6) is 0. The van der Waals surface area contributed by atoms with E-state index in [1.807, 2.05) is 6.07 Å². The van der Waals surface area contributed by atoms with Gasteiger partial charge in [-0.2, -0.15) is 5.10 Å². The normalized spacial score (nSPS) is 12.3. The monoisotopic (exact) mass is 271 g/mol. The number of hydrogen-bond donors (Lipinski definition) is 2. The van der Waals surface area contributed by atoms with Crippen LogP contribution in [0.1, 0.15) is 46.0 Å². The number of nitrogens with one attached hydrogen (secondary N) is 2. The summed E-state index contributed by atoms with van der Waals surface area (Å²) >= 11 is 0. The zero-order valence-corrected chi connectivity index (χ0v) is 12.5. The molecule has 0 radical (unpaired) electrons. The first-order chi connectivity index (χ1) is 9.79. The molecule has 0 saturated carbocycles. The van der Waals surface area contributed by atoms with Crippen molar-refractivity contribution in [1.29, 1.82) is 0 Å². The third kappa shape index (κ3) is 4.41. The molecule has 1 aromatic heterocycles. The Hall–Kier alpha value is -1.77. The number of aromatic amines is 1. The van der Waals surface area contributed by atoms with E-state index < -0.39 is 0 Å². The van der Waals surface area contributed by atoms with Crippen LogP contribution in [0.3, 0.4) is 0 Å². The van der Waals surface area contributed by atoms with Gasteiger partial charge in [0, 0.05) is 23.5 Å². The Kier molecular flexibility index (Phi) is 5.66. The number of unbranched alkanes of at least 4 members (excludes halogenated alkanes) is 3. The highest BCUT2D eigenvalue weighted by molar-refractivity contribution is 5.64. The third-order valence-electron chi connectivity index (χ3n) is 3.58. The summed E-state index contributed by atoms with van der Waals surface area (Å²) in [6.45, 7) is 4.51. The van der Waals surface area contributed by atoms with Crippen LogP contribution in [0.5, 0.6) is 0 Å². The van der Waals surface area contributed by atoms with Gasteiger partial charge in [0.25, 0.3) is 0 Å². The highest BCUT2D eigenvalue weighted by Gasteiger charge is 2.04. The van der Waals surface area contributed by atoms with Crippen LogP contribution in [0.25, 0.3) is 11.3 Å². The van der Waals surface area contributed by atoms with E-state index in [9.17, 15) is 0 Å². The van der Waals surface area contributed by atoms with E-state index in [2.05, 4.69) is 53.6 Å². The lowest BCUT2D eigenvalue weighted by Crippen LogP contribution is -2.14. The first-order valence-electron chi connectivity index (χ1n) is 7.66. The van der Waals surface area contributed by atoms with Crippen LogP contribution >= 0.6 is 0 Å². The number of aromatic nitrogens is 2. The van der Waals surface area contributed by atoms with Gasteiger partial charge in [0.2, 0.25) is 0 Å². The molecule has 1 heterocycles. The first kappa shape index (κ1) is 14.6. The molecule has 0 spiro atoms. The lowest BCUT2D eigenvalue weighted by molar-refractivity contribution is 0.594. The Bertz CT molecular complexity index is 491. The molecule has 3 heteroatoms. The van der Waals surface area contributed by atoms with Crippen molar-refractivity contribution in [3.8, 4) is 11.3 Å². The molecule has 1 atom stereocenters. The minimum absolute atomic E-state index is 0.517. The molecule has 1 aromatic carbocycles. The van der Waals surface area contributed by atoms with Gasteiger partial charge in [-0.25, -0.2) is 0 Å². The summed E-state index contributed by atoms with van der Waals surface area (Å²) in [4.78, 5) is 0. The quantitative estimate of drug-likeness (QED) is 0.674. The van der Waals surface area contributed by atoms with Crippen LogP contribution in [0.4, 0.5) is 5.69 Å². The summed E-state index contributed by atoms with van der Waals surface area (Å²) in [6, 6.07) is 11.0. The molecule has 108 valence electrons. The fourth-order valence-corrected chi connectivity index (χ4v) is 2.43. The largest absolute Gasteiger partial charge is 0.383 e. The molecule has 0 aliphatic rings. The van der Waals surface area contributed by atoms with E-state index in [4.69, 9.17) is 0 Å². The van der Waals surface area contributed by atoms with Gasteiger partial charge in [0.15, 0.2) is 0 Å². The van der Waals surface area contributed by atoms with Crippen LogP contribution in [0.15, 0.2) is 36.5 Å². The molecule has 0 aliphatic heterocycles. The van der Waals surface area contributed by atoms with Gasteiger partial charge in [-0.1, -0.05) is 44.7 Å². The molecule has 0 aliphatic carbocycles. The Morgan fingerprint density at radius 3 is 2.85 bits per heavy atom. The lowest BCUT2D eigenvalue weighted by atomic mass is 10.1. The molecular weight excluding hydrogens is 246 g/mol. The van der Waals surface area contributed by atoms with Crippen molar-refractivity contribution in [2.45, 2.75) is 52.0 Å². The van der Waals surface area contributed by atoms with Gasteiger partial charge in [-0.05, 0) is 31.5 Å². The molecule has 0 fully saturated rings. The number of rotatable bonds is 8. The van der Waals surface area contributed by atoms with Gasteiger partial charge in [-0.3, -0.25) is 5.10 Å². The summed E-state index contributed by atoms with van der Waals surface area (Å²) in [7, 11) is 0. The van der Waals surface area contributed by atoms with Gasteiger partial charge in [0.1, 0.15) is 0 Å². The Balaban J connectivity index is 1.88. The number of benzene rings is 1. The third-order valence-corrected chi connectivity index (χ3v) is 3.58. The van der Waals surface area contributed by atoms with E-state index in [1.54, 1.807) is 6.20 Å². The van der Waals surface area contributed by atoms with Crippen LogP contribution in [0.2, 0.25) is 0 Å². The number of H-pyrrole nitrogens is 1. The second kappa shape index (κ2) is 7.73. The van der Waals surface area contributed by atoms with Gasteiger partial charge < -0.3 is 5.32 Å². The molecule has 2 aromatic rings. The van der Waals surface area contributed by atoms with E-state index in [0.29, 0.717) is 6.04 Å². The highest BCUT2D eigenvalue weighted by atomic mass is 15.1. The minimum Gasteiger partial charge on any atom is -0.383 e. The fourth-order valence-electron chi connectivity index (χ4n) is 2.43. The van der Waals surface area contributed by atoms with Crippen molar-refractivity contribution >= 4 is 5.69 Å². The molecule has 3 nitrogen and oxygen atoms in total. The van der Waals surface area contributed by atoms with Gasteiger partial charge in [-0.15, -0.1) is 0 Å². The van der Waals surface area contributed by atoms with Crippen LogP contribution < -0.4 is 5.32 Å². The Morgan fingerprint density at radius 1 is 1.20 bits per heavy atom. The Labute approximate surface area is 121 Å². The first-order valence-corrected chi connectivity index (χ1v) is 7.66. The average molecular weight is 271 g/mol. The maximum atomic E-state index is 4.00. The lowest BCUT2D eigenvalue weighted by Gasteiger charge is -2.15. The topological polar surface area (TPSA) is 40.7 Å². The van der Waals surface area contributed by atoms with E-state index >= 15 is 0 Å². The molecule has 20 heavy (non-hydrogen) atoms. The summed E-state index contributed by atoms with van der Waals surface area (Å²) in [6.07, 6.45) is 8.31. The second-order valence-electron chi connectivity index (χ2n) is 5.45. The maximum Gasteiger partial charge on any atom is 0.0650 e. The fraction of sp³-hybridized carbons (Fsp3) is 0.471. The molecule has 0 bridgehead atoms. The average Bonchev–Trinajstić information content (AvgIpc) is 2.98. The maximum absolute atomic E-state index is 4.00. The number of nitrogens with zero attached hydrogens (tertiary/aromatic N) is 1. The predicted molar refractivity (Wildman–Crippen MR) is 85.9 cm³/mol. The zero-order valence-electron chi connectivity index (χ0n) is 12.5. The van der Waals surface area contributed by atoms with Crippen molar-refractivity contribution in [2.24, 2.45) is 0 Å². The van der Waals surface area contributed by atoms with Crippen LogP contribution in [-0.2, 0) is 0 Å². The van der Waals surface area contributed by atoms with E-state index in [-0.39, 0.29) is 0 Å². The highest BCUT2D eigenvalue weighted by Crippen LogP contribution is 2.21.